The van der Waals surface area contributed by atoms with Gasteiger partial charge in [-0.15, -0.1) is 35.3 Å². The highest BCUT2D eigenvalue weighted by Gasteiger charge is 2.31. The number of aromatic nitrogens is 3. The molecule has 5 fully saturated rings. The van der Waals surface area contributed by atoms with E-state index in [9.17, 15) is 57.5 Å². The van der Waals surface area contributed by atoms with Crippen molar-refractivity contribution >= 4 is 142 Å². The number of carboxylic acids is 2. The maximum absolute atomic E-state index is 11.6. The molecule has 33 heteroatoms. The van der Waals surface area contributed by atoms with Crippen LogP contribution >= 0.6 is 70.6 Å². The van der Waals surface area contributed by atoms with Crippen LogP contribution in [-0.2, 0) is 81.2 Å². The Morgan fingerprint density at radius 3 is 1.10 bits per heavy atom. The molecule has 5 unspecified atom stereocenters. The molecule has 5 amide bonds. The van der Waals surface area contributed by atoms with Crippen LogP contribution in [0, 0.1) is 0 Å². The molecule has 5 atom stereocenters. The Morgan fingerprint density at radius 1 is 0.452 bits per heavy atom. The number of pyridine rings is 1. The summed E-state index contributed by atoms with van der Waals surface area (Å²) in [7, 11) is 0. The summed E-state index contributed by atoms with van der Waals surface area (Å²) in [5, 5.41) is 30.2. The van der Waals surface area contributed by atoms with Crippen molar-refractivity contribution in [3.8, 4) is 0 Å². The van der Waals surface area contributed by atoms with Crippen LogP contribution in [0.25, 0.3) is 0 Å². The lowest BCUT2D eigenvalue weighted by Gasteiger charge is -2.08. The predicted molar refractivity (Wildman–Crippen MR) is 325 cm³/mol. The first-order valence-electron chi connectivity index (χ1n) is 23.8. The maximum Gasteiger partial charge on any atom is 0.328 e. The van der Waals surface area contributed by atoms with Gasteiger partial charge in [-0.2, -0.15) is 23.5 Å². The van der Waals surface area contributed by atoms with Crippen molar-refractivity contribution < 1.29 is 91.4 Å². The second-order valence-corrected chi connectivity index (χ2v) is 22.0. The number of hydrogen-bond donors (Lipinski definition) is 7. The first-order valence-corrected chi connectivity index (χ1v) is 30.6. The number of rotatable bonds is 24. The van der Waals surface area contributed by atoms with Crippen LogP contribution in [0.3, 0.4) is 0 Å². The molecular weight excluding hydrogens is 1220 g/mol. The van der Waals surface area contributed by atoms with E-state index < -0.39 is 48.1 Å². The van der Waals surface area contributed by atoms with Crippen LogP contribution in [0.5, 0.6) is 0 Å². The molecule has 0 spiro atoms. The number of nitrogens with zero attached hydrogens (tertiary/aromatic N) is 3. The Kier molecular flexibility index (Phi) is 47.2. The quantitative estimate of drug-likeness (QED) is 0.0261. The van der Waals surface area contributed by atoms with Crippen LogP contribution in [-0.4, -0.2) is 218 Å². The number of ether oxygens (including phenoxy) is 5. The highest BCUT2D eigenvalue weighted by atomic mass is 32.2. The summed E-state index contributed by atoms with van der Waals surface area (Å²) in [4.78, 5) is 145. The van der Waals surface area contributed by atoms with Crippen molar-refractivity contribution in [3.63, 3.8) is 0 Å². The van der Waals surface area contributed by atoms with Crippen molar-refractivity contribution in [2.24, 2.45) is 0 Å². The van der Waals surface area contributed by atoms with E-state index in [-0.39, 0.29) is 125 Å². The number of esters is 5. The van der Waals surface area contributed by atoms with Crippen LogP contribution in [0.1, 0.15) is 69.2 Å². The SMILES string of the molecule is C.C.C.C.C.CSCC(=O)NC1CCOC1=O.O=C(CSc1ccncc1)NC1CCOC1=O.O=C(CSc1ncccn1)NC1CCOC1=O.O=C(O)CSCC(=O)NC1CCOC1=O.O=C(O)CSCCSCC(=O)NC1CCOC1=O. The molecule has 84 heavy (non-hydrogen) atoms. The molecule has 5 aliphatic rings. The van der Waals surface area contributed by atoms with Crippen molar-refractivity contribution in [2.45, 2.75) is 109 Å². The normalized spacial score (nSPS) is 18.2. The highest BCUT2D eigenvalue weighted by molar-refractivity contribution is 8.03. The van der Waals surface area contributed by atoms with Gasteiger partial charge < -0.3 is 60.5 Å². The van der Waals surface area contributed by atoms with Gasteiger partial charge in [-0.1, -0.05) is 48.9 Å². The highest BCUT2D eigenvalue weighted by Crippen LogP contribution is 2.17. The van der Waals surface area contributed by atoms with E-state index in [1.165, 1.54) is 58.8 Å². The second-order valence-electron chi connectivity index (χ2n) is 16.0. The summed E-state index contributed by atoms with van der Waals surface area (Å²) in [5.74, 6) is -2.08. The summed E-state index contributed by atoms with van der Waals surface area (Å²) in [5.41, 5.74) is 0. The Balaban J connectivity index is -0.000000967. The van der Waals surface area contributed by atoms with Crippen LogP contribution < -0.4 is 26.6 Å². The van der Waals surface area contributed by atoms with Gasteiger partial charge in [-0.25, -0.2) is 33.9 Å². The van der Waals surface area contributed by atoms with Gasteiger partial charge in [0.25, 0.3) is 0 Å². The molecule has 0 aliphatic carbocycles. The predicted octanol–water partition coefficient (Wildman–Crippen LogP) is 2.77. The van der Waals surface area contributed by atoms with E-state index in [0.717, 1.165) is 16.7 Å². The standard InChI is InChI=1S/C11H12N2O3S.C10H11N3O3S.C10H15NO5S2.C8H11NO5S.C7H11NO3S.5CH4/c14-10(13-9-3-6-16-11(9)15)7-17-8-1-4-12-5-2-8;14-8(13-7-2-5-16-9(7)15)6-17-10-11-3-1-4-12-10;12-8(11-7-1-2-16-10(7)15)5-17-3-4-18-6-9(13)14;10-6(3-15-4-7(11)12)9-5-1-2-14-8(5)13;1-12-4-6(9)8-5-2-3-11-7(5)10;;;;;/h1-2,4-5,9H,3,6-7H2,(H,13,14);1,3-4,7H,2,5-6H2,(H,13,14);7H,1-6H2,(H,11,12)(H,13,14);5H,1-4H2,(H,9,10)(H,11,12);5H,2-4H2,1H3,(H,8,9);5*1H4. The lowest BCUT2D eigenvalue weighted by molar-refractivity contribution is -0.141. The Morgan fingerprint density at radius 2 is 0.762 bits per heavy atom. The molecule has 7 rings (SSSR count). The molecule has 474 valence electrons. The van der Waals surface area contributed by atoms with Gasteiger partial charge in [0.05, 0.1) is 73.3 Å². The molecule has 7 heterocycles. The molecular formula is C51H80N8O19S6. The molecule has 5 aliphatic heterocycles. The molecule has 0 aromatic carbocycles. The third-order valence-corrected chi connectivity index (χ3v) is 15.3. The number of thioether (sulfide) groups is 6. The summed E-state index contributed by atoms with van der Waals surface area (Å²) in [6, 6.07) is 2.93. The Labute approximate surface area is 515 Å². The number of hydrogen-bond acceptors (Lipinski definition) is 26. The topological polar surface area (TPSA) is 390 Å². The summed E-state index contributed by atoms with van der Waals surface area (Å²) < 4.78 is 23.6. The third kappa shape index (κ3) is 36.6. The summed E-state index contributed by atoms with van der Waals surface area (Å²) >= 11 is 7.80. The average Bonchev–Trinajstić information content (AvgIpc) is 4.33. The minimum absolute atomic E-state index is 0. The second kappa shape index (κ2) is 48.2. The van der Waals surface area contributed by atoms with Gasteiger partial charge in [0.15, 0.2) is 5.16 Å². The van der Waals surface area contributed by atoms with Gasteiger partial charge in [0.2, 0.25) is 29.5 Å². The molecule has 7 N–H and O–H groups in total. The van der Waals surface area contributed by atoms with Gasteiger partial charge in [-0.05, 0) is 24.5 Å². The number of carbonyl (C=O) groups is 12. The summed E-state index contributed by atoms with van der Waals surface area (Å²) in [6.45, 7) is 1.87. The smallest absolute Gasteiger partial charge is 0.328 e. The monoisotopic (exact) mass is 1300 g/mol. The zero-order chi connectivity index (χ0) is 57.8. The van der Waals surface area contributed by atoms with Crippen LogP contribution in [0.2, 0.25) is 0 Å². The van der Waals surface area contributed by atoms with E-state index in [2.05, 4.69) is 51.0 Å². The number of carbonyl (C=O) groups excluding carboxylic acids is 10. The van der Waals surface area contributed by atoms with Gasteiger partial charge in [0, 0.05) is 73.3 Å². The Bertz CT molecular complexity index is 2280. The first-order chi connectivity index (χ1) is 37.9. The molecule has 2 aromatic heterocycles. The molecule has 0 bridgehead atoms. The van der Waals surface area contributed by atoms with Crippen molar-refractivity contribution in [1.29, 1.82) is 0 Å². The van der Waals surface area contributed by atoms with Crippen molar-refractivity contribution in [2.75, 3.05) is 91.1 Å². The van der Waals surface area contributed by atoms with Gasteiger partial charge >= 0.3 is 41.8 Å². The zero-order valence-electron chi connectivity index (χ0n) is 42.5. The largest absolute Gasteiger partial charge is 0.481 e. The molecule has 5 saturated heterocycles. The third-order valence-electron chi connectivity index (χ3n) is 9.81. The lowest BCUT2D eigenvalue weighted by atomic mass is 10.2. The molecule has 0 radical (unpaired) electrons. The Hall–Kier alpha value is -6.03. The number of nitrogens with one attached hydrogen (secondary N) is 5. The summed E-state index contributed by atoms with van der Waals surface area (Å²) in [6.07, 6.45) is 11.1. The van der Waals surface area contributed by atoms with E-state index in [1.54, 1.807) is 30.9 Å². The zero-order valence-corrected chi connectivity index (χ0v) is 47.4. The number of aliphatic carboxylic acids is 2. The lowest BCUT2D eigenvalue weighted by Crippen LogP contribution is -2.39. The fourth-order valence-corrected chi connectivity index (χ4v) is 10.1. The van der Waals surface area contributed by atoms with Gasteiger partial charge in [0.1, 0.15) is 30.2 Å². The number of amides is 5. The number of cyclic esters (lactones) is 5. The maximum atomic E-state index is 11.6. The van der Waals surface area contributed by atoms with Crippen LogP contribution in [0.4, 0.5) is 0 Å². The van der Waals surface area contributed by atoms with E-state index >= 15 is 0 Å². The van der Waals surface area contributed by atoms with E-state index in [4.69, 9.17) is 24.4 Å². The molecule has 27 nitrogen and oxygen atoms in total. The van der Waals surface area contributed by atoms with E-state index in [0.29, 0.717) is 87.6 Å². The minimum Gasteiger partial charge on any atom is -0.481 e. The van der Waals surface area contributed by atoms with Gasteiger partial charge in [-0.3, -0.25) is 38.5 Å². The number of carboxylic acid groups (broad SMARTS) is 2. The minimum atomic E-state index is -0.965. The average molecular weight is 1300 g/mol. The fourth-order valence-electron chi connectivity index (χ4n) is 6.19. The van der Waals surface area contributed by atoms with Crippen molar-refractivity contribution in [3.05, 3.63) is 43.0 Å². The fraction of sp³-hybridized carbons (Fsp3) is 0.588. The molecule has 2 aromatic rings. The first kappa shape index (κ1) is 82.2. The molecule has 0 saturated carbocycles. The van der Waals surface area contributed by atoms with Crippen molar-refractivity contribution in [1.82, 2.24) is 41.5 Å². The van der Waals surface area contributed by atoms with Crippen LogP contribution in [0.15, 0.2) is 53.0 Å². The van der Waals surface area contributed by atoms with E-state index in [1.807, 2.05) is 18.4 Å².